The molecule has 0 spiro atoms. The van der Waals surface area contributed by atoms with Gasteiger partial charge < -0.3 is 24.2 Å². The van der Waals surface area contributed by atoms with E-state index in [1.807, 2.05) is 6.92 Å². The summed E-state index contributed by atoms with van der Waals surface area (Å²) in [5.41, 5.74) is -0.828. The number of hydrogen-bond donors (Lipinski definition) is 2. The number of aliphatic carboxylic acids is 1. The largest absolute Gasteiger partial charge is 0.542 e. The van der Waals surface area contributed by atoms with Crippen LogP contribution < -0.4 is 5.11 Å². The molecule has 0 aromatic heterocycles. The third kappa shape index (κ3) is 35.7. The molecule has 0 heterocycles. The zero-order valence-electron chi connectivity index (χ0n) is 33.1. The van der Waals surface area contributed by atoms with Crippen molar-refractivity contribution in [1.29, 1.82) is 0 Å². The Morgan fingerprint density at radius 3 is 1.06 bits per heavy atom. The Bertz CT molecular complexity index is 804. The van der Waals surface area contributed by atoms with Crippen LogP contribution >= 0.6 is 7.82 Å². The lowest BCUT2D eigenvalue weighted by Gasteiger charge is -2.41. The first-order valence-corrected chi connectivity index (χ1v) is 21.8. The maximum absolute atomic E-state index is 12.1. The molecule has 0 aliphatic heterocycles. The molecule has 50 heavy (non-hydrogen) atoms. The number of alkyl halides is 3. The molecule has 0 aliphatic rings. The summed E-state index contributed by atoms with van der Waals surface area (Å²) in [5, 5.41) is 8.78. The third-order valence-electron chi connectivity index (χ3n) is 9.52. The van der Waals surface area contributed by atoms with E-state index in [9.17, 15) is 27.5 Å². The van der Waals surface area contributed by atoms with Crippen LogP contribution in [0.5, 0.6) is 0 Å². The van der Waals surface area contributed by atoms with Gasteiger partial charge in [-0.1, -0.05) is 181 Å². The van der Waals surface area contributed by atoms with Crippen molar-refractivity contribution in [2.45, 2.75) is 212 Å². The predicted molar refractivity (Wildman–Crippen MR) is 200 cm³/mol. The molecule has 7 nitrogen and oxygen atoms in total. The van der Waals surface area contributed by atoms with Crippen molar-refractivity contribution < 1.29 is 46.4 Å². The summed E-state index contributed by atoms with van der Waals surface area (Å²) in [6, 6.07) is 0. The topological polar surface area (TPSA) is 107 Å². The van der Waals surface area contributed by atoms with E-state index in [4.69, 9.17) is 14.4 Å². The first kappa shape index (κ1) is 51.4. The van der Waals surface area contributed by atoms with Crippen LogP contribution in [0.1, 0.15) is 201 Å². The zero-order valence-corrected chi connectivity index (χ0v) is 34.0. The van der Waals surface area contributed by atoms with E-state index in [1.54, 1.807) is 0 Å². The molecule has 0 radical (unpaired) electrons. The molecule has 11 heteroatoms. The summed E-state index contributed by atoms with van der Waals surface area (Å²) < 4.78 is 49.9. The van der Waals surface area contributed by atoms with Crippen LogP contribution in [0, 0.1) is 5.92 Å². The second-order valence-electron chi connectivity index (χ2n) is 15.9. The Labute approximate surface area is 305 Å². The molecule has 2 N–H and O–H groups in total. The normalized spacial score (nSPS) is 13.7. The lowest BCUT2D eigenvalue weighted by Crippen LogP contribution is -2.52. The Morgan fingerprint density at radius 1 is 0.620 bits per heavy atom. The number of phosphoric acid groups is 1. The summed E-state index contributed by atoms with van der Waals surface area (Å²) in [4.78, 5) is 28.5. The Morgan fingerprint density at radius 2 is 0.860 bits per heavy atom. The Balaban J connectivity index is 0. The van der Waals surface area contributed by atoms with Gasteiger partial charge in [0.1, 0.15) is 18.1 Å². The lowest BCUT2D eigenvalue weighted by atomic mass is 9.80. The first-order chi connectivity index (χ1) is 23.4. The van der Waals surface area contributed by atoms with E-state index < -0.39 is 25.6 Å². The van der Waals surface area contributed by atoms with Gasteiger partial charge in [0.05, 0.1) is 21.1 Å². The minimum Gasteiger partial charge on any atom is -0.542 e. The average molecular weight is 746 g/mol. The molecule has 1 atom stereocenters. The molecule has 0 fully saturated rings. The number of nitrogens with zero attached hydrogens (tertiary/aromatic N) is 1. The van der Waals surface area contributed by atoms with Gasteiger partial charge in [-0.15, -0.1) is 0 Å². The predicted octanol–water partition coefficient (Wildman–Crippen LogP) is 11.4. The van der Waals surface area contributed by atoms with E-state index in [0.717, 1.165) is 25.7 Å². The van der Waals surface area contributed by atoms with Crippen LogP contribution in [0.3, 0.4) is 0 Å². The van der Waals surface area contributed by atoms with Crippen LogP contribution in [0.15, 0.2) is 0 Å². The van der Waals surface area contributed by atoms with Crippen molar-refractivity contribution in [1.82, 2.24) is 0 Å². The Kier molecular flexibility index (Phi) is 31.6. The van der Waals surface area contributed by atoms with E-state index in [1.165, 1.54) is 154 Å². The quantitative estimate of drug-likeness (QED) is 0.0393. The highest BCUT2D eigenvalue weighted by molar-refractivity contribution is 7.46. The summed E-state index contributed by atoms with van der Waals surface area (Å²) in [6.45, 7) is 7.12. The van der Waals surface area contributed by atoms with E-state index in [2.05, 4.69) is 35.0 Å². The van der Waals surface area contributed by atoms with Gasteiger partial charge in [0.15, 0.2) is 0 Å². The highest BCUT2D eigenvalue weighted by Gasteiger charge is 2.44. The SMILES string of the molecule is CCCCCCCCCCCCCCCC(CCCCCCCCCCCCCCC)C(C)(C[N+](C)(C)C)OP(=O)(O)O.O=C([O-])C(F)(F)F. The summed E-state index contributed by atoms with van der Waals surface area (Å²) in [7, 11) is 1.70. The monoisotopic (exact) mass is 746 g/mol. The number of unbranched alkanes of at least 4 members (excludes halogenated alkanes) is 24. The van der Waals surface area contributed by atoms with Crippen molar-refractivity contribution in [2.75, 3.05) is 27.7 Å². The molecule has 302 valence electrons. The summed E-state index contributed by atoms with van der Waals surface area (Å²) in [6.07, 6.45) is 31.5. The lowest BCUT2D eigenvalue weighted by molar-refractivity contribution is -0.877. The number of carboxylic acids is 1. The molecule has 0 aromatic rings. The average Bonchev–Trinajstić information content (AvgIpc) is 2.98. The molecule has 0 bridgehead atoms. The second kappa shape index (κ2) is 30.8. The zero-order chi connectivity index (χ0) is 38.4. The highest BCUT2D eigenvalue weighted by Crippen LogP contribution is 2.47. The smallest absolute Gasteiger partial charge is 0.470 e. The second-order valence-corrected chi connectivity index (χ2v) is 17.1. The van der Waals surface area contributed by atoms with E-state index in [0.29, 0.717) is 11.0 Å². The van der Waals surface area contributed by atoms with Gasteiger partial charge in [-0.25, -0.2) is 4.57 Å². The first-order valence-electron chi connectivity index (χ1n) is 20.2. The maximum Gasteiger partial charge on any atom is 0.470 e. The van der Waals surface area contributed by atoms with Gasteiger partial charge in [0.25, 0.3) is 0 Å². The molecule has 0 saturated carbocycles. The molecule has 0 saturated heterocycles. The minimum atomic E-state index is -5.19. The van der Waals surface area contributed by atoms with Crippen molar-refractivity contribution in [3.63, 3.8) is 0 Å². The summed E-state index contributed by atoms with van der Waals surface area (Å²) >= 11 is 0. The van der Waals surface area contributed by atoms with Crippen LogP contribution in [0.2, 0.25) is 0 Å². The molecule has 0 aromatic carbocycles. The number of rotatable bonds is 33. The molecular formula is C39H79F3NO6P. The van der Waals surface area contributed by atoms with E-state index >= 15 is 0 Å². The van der Waals surface area contributed by atoms with Crippen LogP contribution in [0.25, 0.3) is 0 Å². The molecule has 0 rings (SSSR count). The number of halogens is 3. The minimum absolute atomic E-state index is 0.165. The number of hydrogen-bond acceptors (Lipinski definition) is 4. The fourth-order valence-corrected chi connectivity index (χ4v) is 7.77. The van der Waals surface area contributed by atoms with Gasteiger partial charge in [-0.2, -0.15) is 13.2 Å². The van der Waals surface area contributed by atoms with Gasteiger partial charge in [-0.05, 0) is 25.7 Å². The standard InChI is InChI=1S/C37H78NO4P.C2HF3O2/c1-7-9-11-13-15-17-19-21-23-25-27-29-31-33-36(37(3,35-38(4,5)6)42-43(39,40)41)34-32-30-28-26-24-22-20-18-16-14-12-10-8-2;3-2(4,5)1(6)7/h36H,7-35H2,1-6H3,(H-,39,40,41);(H,6,7). The van der Waals surface area contributed by atoms with Crippen LogP contribution in [-0.4, -0.2) is 59.7 Å². The number of carbonyl (C=O) groups excluding carboxylic acids is 1. The van der Waals surface area contributed by atoms with Gasteiger partial charge in [-0.3, -0.25) is 4.52 Å². The number of carbonyl (C=O) groups is 1. The molecule has 0 aliphatic carbocycles. The van der Waals surface area contributed by atoms with Crippen LogP contribution in [0.4, 0.5) is 13.2 Å². The van der Waals surface area contributed by atoms with Crippen molar-refractivity contribution in [2.24, 2.45) is 5.92 Å². The van der Waals surface area contributed by atoms with Crippen LogP contribution in [-0.2, 0) is 13.9 Å². The third-order valence-corrected chi connectivity index (χ3v) is 10.2. The fourth-order valence-electron chi connectivity index (χ4n) is 7.02. The number of carboxylic acid groups (broad SMARTS) is 1. The maximum atomic E-state index is 12.1. The van der Waals surface area contributed by atoms with Crippen molar-refractivity contribution in [3.8, 4) is 0 Å². The number of likely N-dealkylation sites (N-methyl/N-ethyl adjacent to an activating group) is 1. The Hall–Kier alpha value is -0.670. The van der Waals surface area contributed by atoms with Crippen molar-refractivity contribution in [3.05, 3.63) is 0 Å². The van der Waals surface area contributed by atoms with E-state index in [-0.39, 0.29) is 5.92 Å². The number of phosphoric ester groups is 1. The van der Waals surface area contributed by atoms with Gasteiger partial charge >= 0.3 is 14.0 Å². The fraction of sp³-hybridized carbons (Fsp3) is 0.974. The number of quaternary nitrogens is 1. The molecule has 0 amide bonds. The van der Waals surface area contributed by atoms with Gasteiger partial charge in [0.2, 0.25) is 0 Å². The molecule has 1 unspecified atom stereocenters. The summed E-state index contributed by atoms with van der Waals surface area (Å²) in [5.74, 6) is -2.84. The molecular weight excluding hydrogens is 666 g/mol. The highest BCUT2D eigenvalue weighted by atomic mass is 31.2. The van der Waals surface area contributed by atoms with Gasteiger partial charge in [0, 0.05) is 0 Å². The van der Waals surface area contributed by atoms with Crippen molar-refractivity contribution >= 4 is 13.8 Å².